The van der Waals surface area contributed by atoms with Gasteiger partial charge in [-0.05, 0) is 93.8 Å². The zero-order valence-electron chi connectivity index (χ0n) is 21.7. The number of hydrogen-bond donors (Lipinski definition) is 1. The summed E-state index contributed by atoms with van der Waals surface area (Å²) in [5.41, 5.74) is 5.31. The lowest BCUT2D eigenvalue weighted by Crippen LogP contribution is -2.40. The third kappa shape index (κ3) is 4.97. The summed E-state index contributed by atoms with van der Waals surface area (Å²) in [5, 5.41) is 6.45. The van der Waals surface area contributed by atoms with E-state index in [1.54, 1.807) is 12.1 Å². The van der Waals surface area contributed by atoms with Gasteiger partial charge in [-0.1, -0.05) is 30.7 Å². The minimum atomic E-state index is -0.431. The number of anilines is 2. The van der Waals surface area contributed by atoms with Crippen LogP contribution in [0.1, 0.15) is 51.1 Å². The van der Waals surface area contributed by atoms with Gasteiger partial charge in [0.15, 0.2) is 0 Å². The number of pyridine rings is 1. The quantitative estimate of drug-likeness (QED) is 0.351. The molecule has 1 saturated carbocycles. The van der Waals surface area contributed by atoms with Crippen molar-refractivity contribution in [2.45, 2.75) is 58.4 Å². The molecule has 0 saturated heterocycles. The molecule has 0 amide bonds. The van der Waals surface area contributed by atoms with E-state index in [1.165, 1.54) is 18.9 Å². The van der Waals surface area contributed by atoms with Crippen LogP contribution in [0, 0.1) is 18.7 Å². The van der Waals surface area contributed by atoms with Gasteiger partial charge in [-0.3, -0.25) is 9.98 Å². The van der Waals surface area contributed by atoms with Gasteiger partial charge >= 0.3 is 0 Å². The standard InChI is InChI=1S/C31H31ClFN5/c1-19-7-10-21(11-8-19)35-28-17-31-29(16-27(28)36-22-12-9-20(2)34-18-22)37-26-5-3-4-6-30(26)38(31)23-13-14-25(33)24(32)15-23/h5-6,9,12-19,21,36H,3-4,7-8,10-11H2,1-2H3. The lowest BCUT2D eigenvalue weighted by Gasteiger charge is -2.24. The highest BCUT2D eigenvalue weighted by Crippen LogP contribution is 2.28. The van der Waals surface area contributed by atoms with Gasteiger partial charge in [-0.15, -0.1) is 0 Å². The van der Waals surface area contributed by atoms with Crippen molar-refractivity contribution in [2.75, 3.05) is 5.32 Å². The minimum Gasteiger partial charge on any atom is -0.352 e. The fourth-order valence-corrected chi connectivity index (χ4v) is 5.60. The Morgan fingerprint density at radius 2 is 1.84 bits per heavy atom. The van der Waals surface area contributed by atoms with Gasteiger partial charge in [0.05, 0.1) is 56.1 Å². The molecule has 194 valence electrons. The number of nitrogens with zero attached hydrogens (tertiary/aromatic N) is 4. The molecule has 0 bridgehead atoms. The van der Waals surface area contributed by atoms with E-state index < -0.39 is 5.82 Å². The van der Waals surface area contributed by atoms with E-state index in [0.717, 1.165) is 81.8 Å². The summed E-state index contributed by atoms with van der Waals surface area (Å²) in [4.78, 5) is 14.8. The number of aryl methyl sites for hydroxylation is 1. The molecular formula is C31H31ClFN5. The SMILES string of the molecule is Cc1ccc(Nc2cc3nc4c(n(-c5ccc(F)c(Cl)c5)c-3cc2=NC2CCC(C)CC2)=CCCC=4)cn1. The van der Waals surface area contributed by atoms with Crippen molar-refractivity contribution >= 4 is 35.1 Å². The lowest BCUT2D eigenvalue weighted by molar-refractivity contribution is 0.346. The van der Waals surface area contributed by atoms with Crippen molar-refractivity contribution < 1.29 is 4.39 Å². The molecule has 4 aliphatic rings. The first kappa shape index (κ1) is 24.8. The smallest absolute Gasteiger partial charge is 0.141 e. The highest BCUT2D eigenvalue weighted by Gasteiger charge is 2.20. The average Bonchev–Trinajstić information content (AvgIpc) is 2.92. The van der Waals surface area contributed by atoms with Gasteiger partial charge in [0.2, 0.25) is 0 Å². The number of benzene rings is 2. The molecule has 5 nitrogen and oxygen atoms in total. The van der Waals surface area contributed by atoms with Crippen LogP contribution in [-0.2, 0) is 0 Å². The molecule has 0 radical (unpaired) electrons. The highest BCUT2D eigenvalue weighted by atomic mass is 35.5. The molecular weight excluding hydrogens is 497 g/mol. The van der Waals surface area contributed by atoms with Crippen LogP contribution in [-0.4, -0.2) is 20.6 Å². The Morgan fingerprint density at radius 1 is 1.03 bits per heavy atom. The fraction of sp³-hybridized carbons (Fsp3) is 0.323. The molecule has 1 aromatic heterocycles. The zero-order chi connectivity index (χ0) is 26.2. The number of aromatic nitrogens is 3. The van der Waals surface area contributed by atoms with Gasteiger partial charge in [-0.25, -0.2) is 9.37 Å². The first-order valence-electron chi connectivity index (χ1n) is 13.4. The number of hydrogen-bond acceptors (Lipinski definition) is 4. The van der Waals surface area contributed by atoms with Crippen LogP contribution in [0.4, 0.5) is 15.8 Å². The summed E-state index contributed by atoms with van der Waals surface area (Å²) < 4.78 is 16.2. The van der Waals surface area contributed by atoms with Gasteiger partial charge in [0, 0.05) is 11.4 Å². The largest absolute Gasteiger partial charge is 0.352 e. The molecule has 1 aliphatic heterocycles. The van der Waals surface area contributed by atoms with E-state index in [4.69, 9.17) is 21.6 Å². The monoisotopic (exact) mass is 527 g/mol. The van der Waals surface area contributed by atoms with E-state index >= 15 is 0 Å². The molecule has 0 unspecified atom stereocenters. The Bertz CT molecular complexity index is 1650. The van der Waals surface area contributed by atoms with E-state index in [-0.39, 0.29) is 11.1 Å². The maximum atomic E-state index is 14.1. The first-order valence-corrected chi connectivity index (χ1v) is 13.8. The summed E-state index contributed by atoms with van der Waals surface area (Å²) >= 11 is 6.24. The molecule has 1 fully saturated rings. The Morgan fingerprint density at radius 3 is 2.61 bits per heavy atom. The summed E-state index contributed by atoms with van der Waals surface area (Å²) in [6.45, 7) is 4.30. The second-order valence-electron chi connectivity index (χ2n) is 10.5. The molecule has 1 N–H and O–H groups in total. The van der Waals surface area contributed by atoms with Crippen LogP contribution in [0.5, 0.6) is 0 Å². The van der Waals surface area contributed by atoms with E-state index in [2.05, 4.69) is 46.1 Å². The summed E-state index contributed by atoms with van der Waals surface area (Å²) in [5.74, 6) is 0.321. The van der Waals surface area contributed by atoms with Crippen LogP contribution in [0.2, 0.25) is 5.02 Å². The Hall–Kier alpha value is -3.51. The number of nitrogens with one attached hydrogen (secondary N) is 1. The van der Waals surface area contributed by atoms with Crippen LogP contribution >= 0.6 is 11.6 Å². The molecule has 38 heavy (non-hydrogen) atoms. The second kappa shape index (κ2) is 10.3. The van der Waals surface area contributed by atoms with Crippen molar-refractivity contribution in [2.24, 2.45) is 10.9 Å². The number of halogens is 2. The van der Waals surface area contributed by atoms with Crippen molar-refractivity contribution in [1.29, 1.82) is 0 Å². The number of fused-ring (bicyclic) bond motifs is 2. The van der Waals surface area contributed by atoms with Gasteiger partial charge in [0.25, 0.3) is 0 Å². The average molecular weight is 528 g/mol. The molecule has 1 aromatic carbocycles. The summed E-state index contributed by atoms with van der Waals surface area (Å²) in [6, 6.07) is 13.4. The van der Waals surface area contributed by atoms with Crippen molar-refractivity contribution in [3.63, 3.8) is 0 Å². The predicted octanol–water partition coefficient (Wildman–Crippen LogP) is 6.05. The van der Waals surface area contributed by atoms with E-state index in [0.29, 0.717) is 0 Å². The van der Waals surface area contributed by atoms with E-state index in [1.807, 2.05) is 25.3 Å². The van der Waals surface area contributed by atoms with Crippen molar-refractivity contribution in [3.05, 3.63) is 81.3 Å². The molecule has 7 heteroatoms. The van der Waals surface area contributed by atoms with Crippen LogP contribution in [0.25, 0.3) is 29.2 Å². The molecule has 3 aliphatic carbocycles. The Labute approximate surface area is 226 Å². The third-order valence-corrected chi connectivity index (χ3v) is 7.87. The molecule has 6 rings (SSSR count). The maximum Gasteiger partial charge on any atom is 0.141 e. The molecule has 0 atom stereocenters. The predicted molar refractivity (Wildman–Crippen MR) is 152 cm³/mol. The fourth-order valence-electron chi connectivity index (χ4n) is 5.43. The van der Waals surface area contributed by atoms with Crippen LogP contribution in [0.3, 0.4) is 0 Å². The minimum absolute atomic E-state index is 0.0971. The lowest BCUT2D eigenvalue weighted by atomic mass is 9.88. The normalized spacial score (nSPS) is 19.5. The summed E-state index contributed by atoms with van der Waals surface area (Å²) in [6.07, 6.45) is 12.6. The highest BCUT2D eigenvalue weighted by molar-refractivity contribution is 6.30. The number of rotatable bonds is 4. The van der Waals surface area contributed by atoms with Gasteiger partial charge < -0.3 is 9.88 Å². The van der Waals surface area contributed by atoms with Crippen molar-refractivity contribution in [1.82, 2.24) is 14.5 Å². The second-order valence-corrected chi connectivity index (χ2v) is 10.9. The van der Waals surface area contributed by atoms with E-state index in [9.17, 15) is 4.39 Å². The first-order chi connectivity index (χ1) is 18.4. The Balaban J connectivity index is 1.60. The topological polar surface area (TPSA) is 55.1 Å². The molecule has 2 aromatic rings. The van der Waals surface area contributed by atoms with Crippen LogP contribution < -0.4 is 21.4 Å². The van der Waals surface area contributed by atoms with Gasteiger partial charge in [0.1, 0.15) is 5.82 Å². The Kier molecular flexibility index (Phi) is 6.75. The van der Waals surface area contributed by atoms with Crippen molar-refractivity contribution in [3.8, 4) is 17.1 Å². The zero-order valence-corrected chi connectivity index (χ0v) is 22.5. The summed E-state index contributed by atoms with van der Waals surface area (Å²) in [7, 11) is 0. The third-order valence-electron chi connectivity index (χ3n) is 7.58. The van der Waals surface area contributed by atoms with Gasteiger partial charge in [-0.2, -0.15) is 0 Å². The molecule has 2 heterocycles. The molecule has 0 spiro atoms. The van der Waals surface area contributed by atoms with Crippen LogP contribution in [0.15, 0.2) is 53.7 Å². The maximum absolute atomic E-state index is 14.1.